The van der Waals surface area contributed by atoms with Gasteiger partial charge < -0.3 is 29.5 Å². The molecule has 0 bridgehead atoms. The molecule has 115 heavy (non-hydrogen) atoms. The van der Waals surface area contributed by atoms with Gasteiger partial charge in [-0.2, -0.15) is 0 Å². The van der Waals surface area contributed by atoms with Crippen molar-refractivity contribution in [2.75, 3.05) is 0 Å². The minimum atomic E-state index is 0.0821. The second-order valence-corrected chi connectivity index (χ2v) is 31.7. The van der Waals surface area contributed by atoms with E-state index in [4.69, 9.17) is 40.1 Å². The Labute approximate surface area is 694 Å². The molecule has 15 rings (SSSR count). The number of carbonyl (C=O) groups is 3. The first-order valence-electron chi connectivity index (χ1n) is 42.7. The fourth-order valence-electron chi connectivity index (χ4n) is 16.3. The Morgan fingerprint density at radius 2 is 0.609 bits per heavy atom. The van der Waals surface area contributed by atoms with E-state index in [1.54, 1.807) is 20.8 Å². The minimum Gasteiger partial charge on any atom is -0.361 e. The Morgan fingerprint density at radius 3 is 0.843 bits per heavy atom. The van der Waals surface area contributed by atoms with Crippen molar-refractivity contribution in [3.05, 3.63) is 246 Å². The maximum Gasteiger partial charge on any atom is 0.217 e. The molecule has 0 radical (unpaired) electrons. The molecule has 3 unspecified atom stereocenters. The van der Waals surface area contributed by atoms with Gasteiger partial charge in [-0.05, 0) is 280 Å². The van der Waals surface area contributed by atoms with E-state index in [0.29, 0.717) is 53.6 Å². The number of fused-ring (bicyclic) bond motifs is 3. The number of para-hydroxylation sites is 3. The molecule has 3 N–H and O–H groups in total. The molecule has 6 aliphatic rings. The van der Waals surface area contributed by atoms with E-state index >= 15 is 0 Å². The van der Waals surface area contributed by atoms with Crippen LogP contribution >= 0.6 is 11.6 Å². The molecular weight excluding hydrogens is 1450 g/mol. The van der Waals surface area contributed by atoms with Crippen LogP contribution in [0.5, 0.6) is 0 Å². The van der Waals surface area contributed by atoms with Crippen molar-refractivity contribution in [2.24, 2.45) is 32.7 Å². The molecule has 3 aromatic heterocycles. The molecule has 3 saturated carbocycles. The third-order valence-electron chi connectivity index (χ3n) is 23.3. The van der Waals surface area contributed by atoms with Crippen molar-refractivity contribution in [1.82, 2.24) is 31.4 Å². The lowest BCUT2D eigenvalue weighted by Gasteiger charge is -2.33. The molecule has 6 heterocycles. The normalized spacial score (nSPS) is 19.7. The van der Waals surface area contributed by atoms with Gasteiger partial charge in [-0.3, -0.25) is 29.4 Å². The average Bonchev–Trinajstić information content (AvgIpc) is 1.65. The van der Waals surface area contributed by atoms with Crippen molar-refractivity contribution in [3.63, 3.8) is 0 Å². The summed E-state index contributed by atoms with van der Waals surface area (Å²) in [7, 11) is 0. The highest BCUT2D eigenvalue weighted by atomic mass is 35.5. The summed E-state index contributed by atoms with van der Waals surface area (Å²) < 4.78 is 14.5. The van der Waals surface area contributed by atoms with E-state index < -0.39 is 0 Å². The van der Waals surface area contributed by atoms with E-state index in [1.165, 1.54) is 61.6 Å². The number of carbonyl (C=O) groups excluding carboxylic acids is 3. The van der Waals surface area contributed by atoms with Gasteiger partial charge in [0.1, 0.15) is 17.3 Å². The Kier molecular flexibility index (Phi) is 38.0. The molecule has 3 fully saturated rings. The third kappa shape index (κ3) is 27.4. The zero-order chi connectivity index (χ0) is 83.8. The van der Waals surface area contributed by atoms with Crippen LogP contribution in [-0.2, 0) is 33.6 Å². The molecular formula is C99H134ClN9O6. The third-order valence-corrected chi connectivity index (χ3v) is 23.7. The first kappa shape index (κ1) is 92.8. The summed E-state index contributed by atoms with van der Waals surface area (Å²) in [6.45, 7) is 40.7. The minimum absolute atomic E-state index is 0.0821. The summed E-state index contributed by atoms with van der Waals surface area (Å²) in [5.74, 6) is 6.18. The maximum atomic E-state index is 11.4. The van der Waals surface area contributed by atoms with Crippen LogP contribution in [0.2, 0.25) is 5.02 Å². The second kappa shape index (κ2) is 47.0. The molecule has 15 nitrogen and oxygen atoms in total. The molecule has 3 amide bonds. The van der Waals surface area contributed by atoms with Crippen LogP contribution in [0, 0.1) is 101 Å². The molecule has 0 saturated heterocycles. The SMILES string of the molecule is CC.CC.CC.CC(=O)NC1CCC(C2C(CCc3ccc(C)c(Cl)c3)=Nc3ccccc32)CC1.CC(=O)NC1CCC(C2C(CCc3ccc(C)cc3)=Nc3ccccc32)CC1.CC(=O)NC1CCC(C2C(CCc3ccc(C)cc3)=Nc3ccccc32)CC1.Cc1noc(C)c1C.Cc1noc(C)c1C.Cc1noc(C)c1C. The van der Waals surface area contributed by atoms with Gasteiger partial charge in [0, 0.05) is 95.5 Å². The monoisotopic (exact) mass is 1580 g/mol. The van der Waals surface area contributed by atoms with Crippen molar-refractivity contribution >= 4 is 63.5 Å². The van der Waals surface area contributed by atoms with E-state index in [0.717, 1.165) is 194 Å². The largest absolute Gasteiger partial charge is 0.361 e. The molecule has 6 aromatic carbocycles. The van der Waals surface area contributed by atoms with Crippen LogP contribution in [0.15, 0.2) is 168 Å². The zero-order valence-corrected chi connectivity index (χ0v) is 74.0. The van der Waals surface area contributed by atoms with E-state index in [1.807, 2.05) is 111 Å². The van der Waals surface area contributed by atoms with Gasteiger partial charge in [0.05, 0.1) is 34.1 Å². The van der Waals surface area contributed by atoms with Crippen LogP contribution in [0.1, 0.15) is 278 Å². The number of nitrogens with one attached hydrogen (secondary N) is 3. The van der Waals surface area contributed by atoms with Gasteiger partial charge in [-0.25, -0.2) is 0 Å². The van der Waals surface area contributed by atoms with Gasteiger partial charge in [0.15, 0.2) is 0 Å². The number of halogens is 1. The maximum absolute atomic E-state index is 11.4. The number of hydrogen-bond acceptors (Lipinski definition) is 12. The highest BCUT2D eigenvalue weighted by Crippen LogP contribution is 2.49. The first-order valence-corrected chi connectivity index (χ1v) is 43.1. The lowest BCUT2D eigenvalue weighted by atomic mass is 9.73. The summed E-state index contributed by atoms with van der Waals surface area (Å²) >= 11 is 6.32. The lowest BCUT2D eigenvalue weighted by Crippen LogP contribution is -2.37. The summed E-state index contributed by atoms with van der Waals surface area (Å²) in [4.78, 5) is 49.3. The van der Waals surface area contributed by atoms with Gasteiger partial charge in [0.2, 0.25) is 17.7 Å². The molecule has 9 aromatic rings. The highest BCUT2D eigenvalue weighted by molar-refractivity contribution is 6.31. The van der Waals surface area contributed by atoms with E-state index in [-0.39, 0.29) is 17.7 Å². The standard InChI is InChI=1S/C25H29ClN2O.2C25H30N2O.3C6H9NO.3C2H6/c1-16-7-8-18(15-22(16)26)9-14-24-25(21-5-3-4-6-23(21)28-24)19-10-12-20(13-11-19)27-17(2)29;2*1-17-7-9-19(10-8-17)11-16-24-25(22-5-3-4-6-23(22)27-24)20-12-14-21(15-13-20)26-18(2)28;3*1-4-5(2)7-8-6(4)3;3*1-2/h3-8,15,19-20,25H,9-14H2,1-2H3,(H,27,29);2*3-10,20-21,25H,11-16H2,1-2H3,(H,26,28);3*1-3H3;3*1-2H3. The van der Waals surface area contributed by atoms with Crippen LogP contribution in [0.25, 0.3) is 0 Å². The number of aryl methyl sites for hydroxylation is 12. The molecule has 3 aliphatic heterocycles. The molecule has 3 atom stereocenters. The first-order chi connectivity index (χ1) is 55.3. The van der Waals surface area contributed by atoms with Crippen molar-refractivity contribution < 1.29 is 28.0 Å². The number of amides is 3. The number of nitrogens with zero attached hydrogens (tertiary/aromatic N) is 6. The molecule has 16 heteroatoms. The summed E-state index contributed by atoms with van der Waals surface area (Å²) in [6, 6.07) is 51.1. The number of aromatic nitrogens is 3. The quantitative estimate of drug-likeness (QED) is 0.0892. The van der Waals surface area contributed by atoms with Gasteiger partial charge in [0.25, 0.3) is 0 Å². The number of aliphatic imine (C=N–C) groups is 3. The zero-order valence-electron chi connectivity index (χ0n) is 73.2. The summed E-state index contributed by atoms with van der Waals surface area (Å²) in [6.07, 6.45) is 19.4. The van der Waals surface area contributed by atoms with Crippen molar-refractivity contribution in [2.45, 2.75) is 297 Å². The molecule has 618 valence electrons. The number of rotatable bonds is 15. The second-order valence-electron chi connectivity index (χ2n) is 31.3. The Bertz CT molecular complexity index is 4280. The van der Waals surface area contributed by atoms with E-state index in [2.05, 4.69) is 185 Å². The Balaban J connectivity index is 0.000000202. The fraction of sp³-hybridized carbons (Fsp3) is 0.485. The van der Waals surface area contributed by atoms with Crippen LogP contribution in [-0.4, -0.2) is 68.5 Å². The van der Waals surface area contributed by atoms with Crippen molar-refractivity contribution in [1.29, 1.82) is 0 Å². The predicted octanol–water partition coefficient (Wildman–Crippen LogP) is 25.0. The van der Waals surface area contributed by atoms with Gasteiger partial charge in [-0.1, -0.05) is 195 Å². The van der Waals surface area contributed by atoms with Crippen molar-refractivity contribution in [3.8, 4) is 0 Å². The molecule has 0 spiro atoms. The number of benzene rings is 6. The lowest BCUT2D eigenvalue weighted by molar-refractivity contribution is -0.120. The van der Waals surface area contributed by atoms with E-state index in [9.17, 15) is 14.4 Å². The fourth-order valence-corrected chi connectivity index (χ4v) is 16.5. The van der Waals surface area contributed by atoms with Gasteiger partial charge in [-0.15, -0.1) is 0 Å². The van der Waals surface area contributed by atoms with Crippen LogP contribution < -0.4 is 16.0 Å². The smallest absolute Gasteiger partial charge is 0.217 e. The van der Waals surface area contributed by atoms with Crippen LogP contribution in [0.4, 0.5) is 17.1 Å². The van der Waals surface area contributed by atoms with Gasteiger partial charge >= 0.3 is 0 Å². The highest BCUT2D eigenvalue weighted by Gasteiger charge is 2.39. The predicted molar refractivity (Wildman–Crippen MR) is 477 cm³/mol. The average molecular weight is 1580 g/mol. The number of hydrogen-bond donors (Lipinski definition) is 3. The molecule has 3 aliphatic carbocycles. The summed E-state index contributed by atoms with van der Waals surface area (Å²) in [5.41, 5.74) is 25.9. The van der Waals surface area contributed by atoms with Crippen LogP contribution in [0.3, 0.4) is 0 Å². The Morgan fingerprint density at radius 1 is 0.348 bits per heavy atom. The summed E-state index contributed by atoms with van der Waals surface area (Å²) in [5, 5.41) is 21.4. The Hall–Kier alpha value is -9.34. The topological polar surface area (TPSA) is 202 Å².